The van der Waals surface area contributed by atoms with Crippen molar-refractivity contribution in [2.45, 2.75) is 32.2 Å². The van der Waals surface area contributed by atoms with Gasteiger partial charge in [-0.25, -0.2) is 9.50 Å². The number of rotatable bonds is 6. The smallest absolute Gasteiger partial charge is 0.377 e. The molecule has 0 N–H and O–H groups in total. The number of halogens is 3. The summed E-state index contributed by atoms with van der Waals surface area (Å²) < 4.78 is 46.4. The summed E-state index contributed by atoms with van der Waals surface area (Å²) in [6.07, 6.45) is -2.28. The molecular weight excluding hydrogens is 371 g/mol. The number of imidazole rings is 1. The van der Waals surface area contributed by atoms with Crippen LogP contribution in [0, 0.1) is 5.92 Å². The molecule has 2 fully saturated rings. The topological polar surface area (TPSA) is 63.0 Å². The number of nitrogens with zero attached hydrogens (tertiary/aromatic N) is 5. The Morgan fingerprint density at radius 1 is 1.35 bits per heavy atom. The Morgan fingerprint density at radius 2 is 2.12 bits per heavy atom. The van der Waals surface area contributed by atoms with Gasteiger partial charge in [0.2, 0.25) is 10.9 Å². The van der Waals surface area contributed by atoms with Gasteiger partial charge in [0.1, 0.15) is 5.01 Å². The van der Waals surface area contributed by atoms with Gasteiger partial charge in [0.05, 0.1) is 32.1 Å². The summed E-state index contributed by atoms with van der Waals surface area (Å²) in [6, 6.07) is 0. The molecule has 0 unspecified atom stereocenters. The van der Waals surface area contributed by atoms with Crippen LogP contribution in [0.15, 0.2) is 0 Å². The number of hydrogen-bond acceptors (Lipinski definition) is 6. The Morgan fingerprint density at radius 3 is 2.77 bits per heavy atom. The largest absolute Gasteiger partial charge is 0.435 e. The van der Waals surface area contributed by atoms with Crippen molar-refractivity contribution in [3.8, 4) is 0 Å². The predicted molar refractivity (Wildman–Crippen MR) is 86.3 cm³/mol. The normalized spacial score (nSPS) is 19.2. The van der Waals surface area contributed by atoms with E-state index in [1.807, 2.05) is 4.90 Å². The standard InChI is InChI=1S/C15H18F3N5O2S/c1-25-7-11-20-23-10(13(15(16,17)18)19-14(23)26-11)5-22-8-21(6-12(22)24)4-9-2-3-9/h9H,2-8H2,1H3. The molecule has 1 aliphatic heterocycles. The minimum absolute atomic E-state index is 0.104. The van der Waals surface area contributed by atoms with Gasteiger partial charge < -0.3 is 9.64 Å². The summed E-state index contributed by atoms with van der Waals surface area (Å²) in [4.78, 5) is 19.6. The first-order valence-electron chi connectivity index (χ1n) is 8.28. The van der Waals surface area contributed by atoms with Gasteiger partial charge in [0.15, 0.2) is 5.69 Å². The minimum Gasteiger partial charge on any atom is -0.377 e. The number of carbonyl (C=O) groups is 1. The van der Waals surface area contributed by atoms with E-state index in [1.165, 1.54) is 16.5 Å². The number of fused-ring (bicyclic) bond motifs is 1. The van der Waals surface area contributed by atoms with Gasteiger partial charge in [0.25, 0.3) is 0 Å². The van der Waals surface area contributed by atoms with Crippen molar-refractivity contribution < 1.29 is 22.7 Å². The number of ether oxygens (including phenoxy) is 1. The molecule has 1 amide bonds. The van der Waals surface area contributed by atoms with E-state index < -0.39 is 11.9 Å². The monoisotopic (exact) mass is 389 g/mol. The zero-order valence-corrected chi connectivity index (χ0v) is 14.9. The number of amides is 1. The second kappa shape index (κ2) is 6.46. The molecule has 2 aromatic rings. The average molecular weight is 389 g/mol. The summed E-state index contributed by atoms with van der Waals surface area (Å²) in [5.74, 6) is 0.450. The van der Waals surface area contributed by atoms with Gasteiger partial charge in [-0.15, -0.1) is 0 Å². The molecule has 11 heteroatoms. The van der Waals surface area contributed by atoms with Crippen LogP contribution in [-0.4, -0.2) is 57.2 Å². The molecule has 2 aliphatic rings. The van der Waals surface area contributed by atoms with Crippen LogP contribution in [0.25, 0.3) is 4.96 Å². The summed E-state index contributed by atoms with van der Waals surface area (Å²) >= 11 is 1.05. The van der Waals surface area contributed by atoms with Crippen molar-refractivity contribution in [3.05, 3.63) is 16.4 Å². The lowest BCUT2D eigenvalue weighted by atomic mass is 10.3. The lowest BCUT2D eigenvalue weighted by molar-refractivity contribution is -0.142. The maximum absolute atomic E-state index is 13.4. The Bertz CT molecular complexity index is 829. The molecular formula is C15H18F3N5O2S. The molecule has 1 saturated heterocycles. The van der Waals surface area contributed by atoms with Crippen molar-refractivity contribution in [2.75, 3.05) is 26.9 Å². The highest BCUT2D eigenvalue weighted by Gasteiger charge is 2.41. The van der Waals surface area contributed by atoms with Crippen LogP contribution in [-0.2, 0) is 28.9 Å². The first kappa shape index (κ1) is 17.7. The fraction of sp³-hybridized carbons (Fsp3) is 0.667. The molecule has 4 rings (SSSR count). The zero-order valence-electron chi connectivity index (χ0n) is 14.1. The number of aromatic nitrogens is 3. The maximum atomic E-state index is 13.4. The van der Waals surface area contributed by atoms with Crippen molar-refractivity contribution in [3.63, 3.8) is 0 Å². The molecule has 0 aromatic carbocycles. The van der Waals surface area contributed by atoms with E-state index in [-0.39, 0.29) is 36.3 Å². The van der Waals surface area contributed by atoms with E-state index in [0.717, 1.165) is 30.7 Å². The van der Waals surface area contributed by atoms with E-state index in [2.05, 4.69) is 10.1 Å². The van der Waals surface area contributed by atoms with Crippen molar-refractivity contribution in [2.24, 2.45) is 5.92 Å². The first-order chi connectivity index (χ1) is 12.3. The second-order valence-electron chi connectivity index (χ2n) is 6.72. The lowest BCUT2D eigenvalue weighted by Crippen LogP contribution is -2.29. The summed E-state index contributed by atoms with van der Waals surface area (Å²) in [6.45, 7) is 1.46. The van der Waals surface area contributed by atoms with Gasteiger partial charge in [-0.1, -0.05) is 11.3 Å². The highest BCUT2D eigenvalue weighted by Crippen LogP contribution is 2.35. The third-order valence-electron chi connectivity index (χ3n) is 4.51. The summed E-state index contributed by atoms with van der Waals surface area (Å²) in [5, 5.41) is 4.71. The van der Waals surface area contributed by atoms with Crippen LogP contribution < -0.4 is 0 Å². The first-order valence-corrected chi connectivity index (χ1v) is 9.10. The molecule has 26 heavy (non-hydrogen) atoms. The van der Waals surface area contributed by atoms with E-state index >= 15 is 0 Å². The van der Waals surface area contributed by atoms with Crippen molar-refractivity contribution in [1.29, 1.82) is 0 Å². The van der Waals surface area contributed by atoms with E-state index in [9.17, 15) is 18.0 Å². The molecule has 0 atom stereocenters. The molecule has 1 aliphatic carbocycles. The van der Waals surface area contributed by atoms with Crippen molar-refractivity contribution in [1.82, 2.24) is 24.4 Å². The maximum Gasteiger partial charge on any atom is 0.435 e. The molecule has 2 aromatic heterocycles. The number of methoxy groups -OCH3 is 1. The number of carbonyl (C=O) groups excluding carboxylic acids is 1. The molecule has 3 heterocycles. The van der Waals surface area contributed by atoms with Crippen LogP contribution in [0.5, 0.6) is 0 Å². The highest BCUT2D eigenvalue weighted by molar-refractivity contribution is 7.16. The third kappa shape index (κ3) is 3.42. The van der Waals surface area contributed by atoms with E-state index in [0.29, 0.717) is 17.6 Å². The Hall–Kier alpha value is -1.72. The Kier molecular flexibility index (Phi) is 4.40. The fourth-order valence-corrected chi connectivity index (χ4v) is 4.03. The fourth-order valence-electron chi connectivity index (χ4n) is 3.15. The van der Waals surface area contributed by atoms with Gasteiger partial charge in [-0.3, -0.25) is 9.69 Å². The summed E-state index contributed by atoms with van der Waals surface area (Å²) in [7, 11) is 1.49. The van der Waals surface area contributed by atoms with Crippen molar-refractivity contribution >= 4 is 22.2 Å². The van der Waals surface area contributed by atoms with Gasteiger partial charge in [0, 0.05) is 13.7 Å². The predicted octanol–water partition coefficient (Wildman–Crippen LogP) is 1.97. The molecule has 142 valence electrons. The van der Waals surface area contributed by atoms with Gasteiger partial charge in [-0.05, 0) is 18.8 Å². The molecule has 0 bridgehead atoms. The van der Waals surface area contributed by atoms with Crippen LogP contribution >= 0.6 is 11.3 Å². The van der Waals surface area contributed by atoms with E-state index in [4.69, 9.17) is 4.74 Å². The zero-order chi connectivity index (χ0) is 18.5. The Balaban J connectivity index is 1.61. The average Bonchev–Trinajstić information content (AvgIpc) is 3.02. The molecule has 0 radical (unpaired) electrons. The number of alkyl halides is 3. The lowest BCUT2D eigenvalue weighted by Gasteiger charge is -2.18. The van der Waals surface area contributed by atoms with Gasteiger partial charge in [-0.2, -0.15) is 18.3 Å². The van der Waals surface area contributed by atoms with Gasteiger partial charge >= 0.3 is 6.18 Å². The van der Waals surface area contributed by atoms with Crippen LogP contribution in [0.2, 0.25) is 0 Å². The van der Waals surface area contributed by atoms with E-state index in [1.54, 1.807) is 0 Å². The molecule has 1 saturated carbocycles. The minimum atomic E-state index is -4.60. The van der Waals surface area contributed by atoms with Crippen LogP contribution in [0.4, 0.5) is 13.2 Å². The SMILES string of the molecule is COCc1nn2c(CN3CN(CC4CC4)CC3=O)c(C(F)(F)F)nc2s1. The summed E-state index contributed by atoms with van der Waals surface area (Å²) in [5.41, 5.74) is -1.08. The van der Waals surface area contributed by atoms with Crippen LogP contribution in [0.3, 0.4) is 0 Å². The quantitative estimate of drug-likeness (QED) is 0.756. The van der Waals surface area contributed by atoms with Crippen LogP contribution in [0.1, 0.15) is 29.2 Å². The molecule has 7 nitrogen and oxygen atoms in total. The molecule has 0 spiro atoms. The third-order valence-corrected chi connectivity index (χ3v) is 5.39. The second-order valence-corrected chi connectivity index (χ2v) is 7.76. The number of hydrogen-bond donors (Lipinski definition) is 0. The Labute approximate surface area is 151 Å². The highest BCUT2D eigenvalue weighted by atomic mass is 32.1.